The summed E-state index contributed by atoms with van der Waals surface area (Å²) >= 11 is 3.51. The SMILES string of the molecule is Cc1ccc(-c2ccnc(C(C)(C)O)n2)cc1Br. The summed E-state index contributed by atoms with van der Waals surface area (Å²) in [6, 6.07) is 7.90. The van der Waals surface area contributed by atoms with Gasteiger partial charge in [0.2, 0.25) is 0 Å². The molecule has 1 aromatic heterocycles. The Labute approximate surface area is 115 Å². The lowest BCUT2D eigenvalue weighted by Crippen LogP contribution is -2.19. The highest BCUT2D eigenvalue weighted by Crippen LogP contribution is 2.25. The molecule has 0 aliphatic heterocycles. The molecule has 0 fully saturated rings. The second-order valence-corrected chi connectivity index (χ2v) is 5.64. The van der Waals surface area contributed by atoms with Crippen LogP contribution in [0.1, 0.15) is 25.2 Å². The first kappa shape index (κ1) is 13.2. The third-order valence-electron chi connectivity index (χ3n) is 2.67. The predicted octanol–water partition coefficient (Wildman–Crippen LogP) is 3.44. The van der Waals surface area contributed by atoms with Gasteiger partial charge in [0.1, 0.15) is 5.60 Å². The lowest BCUT2D eigenvalue weighted by molar-refractivity contribution is 0.0688. The zero-order valence-electron chi connectivity index (χ0n) is 10.6. The molecule has 0 unspecified atom stereocenters. The summed E-state index contributed by atoms with van der Waals surface area (Å²) in [6.07, 6.45) is 1.67. The standard InChI is InChI=1S/C14H15BrN2O/c1-9-4-5-10(8-11(9)15)12-6-7-16-13(17-12)14(2,3)18/h4-8,18H,1-3H3. The van der Waals surface area contributed by atoms with E-state index in [0.29, 0.717) is 5.82 Å². The van der Waals surface area contributed by atoms with Crippen molar-refractivity contribution in [3.05, 3.63) is 46.3 Å². The maximum atomic E-state index is 9.92. The van der Waals surface area contributed by atoms with Gasteiger partial charge in [0.15, 0.2) is 5.82 Å². The second-order valence-electron chi connectivity index (χ2n) is 4.79. The highest BCUT2D eigenvalue weighted by Gasteiger charge is 2.19. The summed E-state index contributed by atoms with van der Waals surface area (Å²) in [6.45, 7) is 5.39. The highest BCUT2D eigenvalue weighted by atomic mass is 79.9. The Balaban J connectivity index is 2.48. The molecule has 1 heterocycles. The van der Waals surface area contributed by atoms with Crippen LogP contribution in [0.2, 0.25) is 0 Å². The first-order valence-corrected chi connectivity index (χ1v) is 6.49. The Bertz CT molecular complexity index is 576. The van der Waals surface area contributed by atoms with Crippen molar-refractivity contribution in [3.8, 4) is 11.3 Å². The first-order valence-electron chi connectivity index (χ1n) is 5.70. The van der Waals surface area contributed by atoms with Crippen molar-refractivity contribution in [2.75, 3.05) is 0 Å². The maximum absolute atomic E-state index is 9.92. The first-order chi connectivity index (χ1) is 8.38. The molecule has 0 aliphatic rings. The van der Waals surface area contributed by atoms with E-state index in [9.17, 15) is 5.11 Å². The van der Waals surface area contributed by atoms with Crippen molar-refractivity contribution in [3.63, 3.8) is 0 Å². The van der Waals surface area contributed by atoms with Crippen molar-refractivity contribution in [2.45, 2.75) is 26.4 Å². The average Bonchev–Trinajstić information content (AvgIpc) is 2.32. The number of aryl methyl sites for hydroxylation is 1. The van der Waals surface area contributed by atoms with E-state index < -0.39 is 5.60 Å². The molecule has 2 aromatic rings. The Morgan fingerprint density at radius 1 is 1.22 bits per heavy atom. The number of benzene rings is 1. The summed E-state index contributed by atoms with van der Waals surface area (Å²) in [5.41, 5.74) is 1.96. The van der Waals surface area contributed by atoms with E-state index in [1.807, 2.05) is 31.2 Å². The Hall–Kier alpha value is -1.26. The van der Waals surface area contributed by atoms with Crippen LogP contribution in [0.25, 0.3) is 11.3 Å². The Morgan fingerprint density at radius 3 is 2.56 bits per heavy atom. The topological polar surface area (TPSA) is 46.0 Å². The van der Waals surface area contributed by atoms with E-state index >= 15 is 0 Å². The number of aliphatic hydroxyl groups is 1. The van der Waals surface area contributed by atoms with Crippen LogP contribution in [-0.4, -0.2) is 15.1 Å². The van der Waals surface area contributed by atoms with Crippen LogP contribution in [-0.2, 0) is 5.60 Å². The second kappa shape index (κ2) is 4.78. The fourth-order valence-electron chi connectivity index (χ4n) is 1.57. The lowest BCUT2D eigenvalue weighted by atomic mass is 10.1. The molecule has 2 rings (SSSR count). The minimum atomic E-state index is -1.03. The van der Waals surface area contributed by atoms with Crippen molar-refractivity contribution in [2.24, 2.45) is 0 Å². The summed E-state index contributed by atoms with van der Waals surface area (Å²) in [5, 5.41) is 9.92. The molecule has 1 aromatic carbocycles. The van der Waals surface area contributed by atoms with Gasteiger partial charge in [-0.3, -0.25) is 0 Å². The summed E-state index contributed by atoms with van der Waals surface area (Å²) in [5.74, 6) is 0.427. The molecule has 4 heteroatoms. The molecule has 0 saturated heterocycles. The third-order valence-corrected chi connectivity index (χ3v) is 3.52. The molecular formula is C14H15BrN2O. The molecule has 0 radical (unpaired) electrons. The molecule has 0 saturated carbocycles. The van der Waals surface area contributed by atoms with Gasteiger partial charge in [0.25, 0.3) is 0 Å². The van der Waals surface area contributed by atoms with Crippen LogP contribution >= 0.6 is 15.9 Å². The van der Waals surface area contributed by atoms with Crippen molar-refractivity contribution < 1.29 is 5.11 Å². The van der Waals surface area contributed by atoms with E-state index in [2.05, 4.69) is 25.9 Å². The van der Waals surface area contributed by atoms with Gasteiger partial charge in [-0.25, -0.2) is 9.97 Å². The molecule has 0 atom stereocenters. The predicted molar refractivity (Wildman–Crippen MR) is 75.1 cm³/mol. The van der Waals surface area contributed by atoms with Gasteiger partial charge in [0.05, 0.1) is 5.69 Å². The maximum Gasteiger partial charge on any atom is 0.159 e. The number of rotatable bonds is 2. The van der Waals surface area contributed by atoms with E-state index in [0.717, 1.165) is 15.7 Å². The van der Waals surface area contributed by atoms with E-state index in [1.165, 1.54) is 5.56 Å². The molecule has 0 spiro atoms. The fourth-order valence-corrected chi connectivity index (χ4v) is 1.95. The number of aromatic nitrogens is 2. The number of halogens is 1. The van der Waals surface area contributed by atoms with Gasteiger partial charge in [-0.2, -0.15) is 0 Å². The normalized spacial score (nSPS) is 11.6. The molecule has 1 N–H and O–H groups in total. The minimum Gasteiger partial charge on any atom is -0.382 e. The molecular weight excluding hydrogens is 292 g/mol. The Kier molecular flexibility index (Phi) is 3.50. The van der Waals surface area contributed by atoms with Gasteiger partial charge in [0, 0.05) is 16.2 Å². The van der Waals surface area contributed by atoms with Crippen LogP contribution < -0.4 is 0 Å². The molecule has 18 heavy (non-hydrogen) atoms. The fraction of sp³-hybridized carbons (Fsp3) is 0.286. The zero-order valence-corrected chi connectivity index (χ0v) is 12.2. The molecule has 94 valence electrons. The summed E-state index contributed by atoms with van der Waals surface area (Å²) < 4.78 is 1.04. The number of hydrogen-bond acceptors (Lipinski definition) is 3. The Morgan fingerprint density at radius 2 is 1.94 bits per heavy atom. The summed E-state index contributed by atoms with van der Waals surface area (Å²) in [7, 11) is 0. The van der Waals surface area contributed by atoms with E-state index in [-0.39, 0.29) is 0 Å². The van der Waals surface area contributed by atoms with Crippen molar-refractivity contribution >= 4 is 15.9 Å². The van der Waals surface area contributed by atoms with Crippen molar-refractivity contribution in [1.29, 1.82) is 0 Å². The molecule has 3 nitrogen and oxygen atoms in total. The lowest BCUT2D eigenvalue weighted by Gasteiger charge is -2.15. The average molecular weight is 307 g/mol. The van der Waals surface area contributed by atoms with E-state index in [4.69, 9.17) is 0 Å². The third kappa shape index (κ3) is 2.76. The van der Waals surface area contributed by atoms with Gasteiger partial charge in [-0.15, -0.1) is 0 Å². The van der Waals surface area contributed by atoms with E-state index in [1.54, 1.807) is 20.0 Å². The summed E-state index contributed by atoms with van der Waals surface area (Å²) in [4.78, 5) is 8.51. The monoisotopic (exact) mass is 306 g/mol. The van der Waals surface area contributed by atoms with Crippen molar-refractivity contribution in [1.82, 2.24) is 9.97 Å². The molecule has 0 amide bonds. The van der Waals surface area contributed by atoms with Crippen LogP contribution in [0.4, 0.5) is 0 Å². The zero-order chi connectivity index (χ0) is 13.3. The highest BCUT2D eigenvalue weighted by molar-refractivity contribution is 9.10. The minimum absolute atomic E-state index is 0.427. The van der Waals surface area contributed by atoms with Gasteiger partial charge in [-0.1, -0.05) is 28.1 Å². The molecule has 0 aliphatic carbocycles. The van der Waals surface area contributed by atoms with Crippen LogP contribution in [0.15, 0.2) is 34.9 Å². The number of hydrogen-bond donors (Lipinski definition) is 1. The largest absolute Gasteiger partial charge is 0.382 e. The quantitative estimate of drug-likeness (QED) is 0.924. The smallest absolute Gasteiger partial charge is 0.159 e. The van der Waals surface area contributed by atoms with Crippen LogP contribution in [0.5, 0.6) is 0 Å². The number of nitrogens with zero attached hydrogens (tertiary/aromatic N) is 2. The molecule has 0 bridgehead atoms. The van der Waals surface area contributed by atoms with Gasteiger partial charge >= 0.3 is 0 Å². The van der Waals surface area contributed by atoms with Crippen LogP contribution in [0.3, 0.4) is 0 Å². The van der Waals surface area contributed by atoms with Gasteiger partial charge < -0.3 is 5.11 Å². The van der Waals surface area contributed by atoms with Crippen LogP contribution in [0, 0.1) is 6.92 Å². The van der Waals surface area contributed by atoms with Gasteiger partial charge in [-0.05, 0) is 38.5 Å².